The lowest BCUT2D eigenvalue weighted by atomic mass is 9.83. The van der Waals surface area contributed by atoms with E-state index in [2.05, 4.69) is 55.5 Å². The Bertz CT molecular complexity index is 2910. The Balaban J connectivity index is 0.934. The number of carbonyl (C=O) groups is 6. The van der Waals surface area contributed by atoms with Gasteiger partial charge in [-0.25, -0.2) is 13.2 Å². The second-order valence-corrected chi connectivity index (χ2v) is 21.8. The standard InChI is InChI=1S/C58H71F3N10O8/c1-34-28-69(43(26-63-34)30-68-19-22-79-32-35(68)2)31-50(73)71-33-58(4,45-16-11-38(24-48(45)71)23-37-9-13-41(59)14-10-37)57(77)64-27-49(72)65-42-15-12-40-29-70(53(44(40)25-42)55(75)67-52-46(60)7-6-8-47(52)61)56(76)51(39-17-20-78-21-18-39)66-54(74)36(3)62-5/h6-16,24-25,34-36,39,43,51,53,62-63H,17-23,26-33H2,1-5H3,(H,64,77)(H,65,72)(H,66,74)(H,67,75)/t34-,35-,36?,43-,51?,53+,58-/m1/s1. The number of anilines is 3. The summed E-state index contributed by atoms with van der Waals surface area (Å²) in [7, 11) is 1.61. The first-order chi connectivity index (χ1) is 37.9. The molecule has 5 aliphatic rings. The second kappa shape index (κ2) is 24.7. The number of para-hydroxylation sites is 1. The molecule has 0 saturated carbocycles. The molecule has 0 radical (unpaired) electrons. The molecule has 3 saturated heterocycles. The van der Waals surface area contributed by atoms with Crippen LogP contribution in [0.15, 0.2) is 78.9 Å². The molecular formula is C58H71F3N10O8. The van der Waals surface area contributed by atoms with Crippen LogP contribution in [0.1, 0.15) is 74.4 Å². The fourth-order valence-corrected chi connectivity index (χ4v) is 11.5. The summed E-state index contributed by atoms with van der Waals surface area (Å²) in [6.07, 6.45) is 1.35. The molecule has 18 nitrogen and oxygen atoms in total. The summed E-state index contributed by atoms with van der Waals surface area (Å²) in [5.41, 5.74) is 1.86. The van der Waals surface area contributed by atoms with Crippen molar-refractivity contribution in [2.45, 2.75) is 95.2 Å². The first kappa shape index (κ1) is 57.0. The number of hydrogen-bond acceptors (Lipinski definition) is 12. The van der Waals surface area contributed by atoms with Crippen LogP contribution in [0.25, 0.3) is 0 Å². The molecule has 3 fully saturated rings. The largest absolute Gasteiger partial charge is 0.381 e. The Hall–Kier alpha value is -6.75. The molecular weight excluding hydrogens is 1020 g/mol. The monoisotopic (exact) mass is 1090 g/mol. The van der Waals surface area contributed by atoms with Crippen molar-refractivity contribution in [2.75, 3.05) is 94.8 Å². The zero-order valence-electron chi connectivity index (χ0n) is 45.3. The lowest BCUT2D eigenvalue weighted by Gasteiger charge is -2.43. The van der Waals surface area contributed by atoms with Crippen LogP contribution in [-0.2, 0) is 56.6 Å². The van der Waals surface area contributed by atoms with Crippen molar-refractivity contribution >= 4 is 52.5 Å². The van der Waals surface area contributed by atoms with E-state index in [1.165, 1.54) is 23.1 Å². The molecule has 5 aliphatic heterocycles. The van der Waals surface area contributed by atoms with Crippen molar-refractivity contribution in [1.82, 2.24) is 36.0 Å². The van der Waals surface area contributed by atoms with E-state index >= 15 is 8.78 Å². The third kappa shape index (κ3) is 12.8. The van der Waals surface area contributed by atoms with E-state index in [1.807, 2.05) is 18.2 Å². The molecule has 4 aromatic carbocycles. The van der Waals surface area contributed by atoms with E-state index in [4.69, 9.17) is 9.47 Å². The normalized spacial score (nSPS) is 23.3. The second-order valence-electron chi connectivity index (χ2n) is 21.8. The Morgan fingerprint density at radius 3 is 2.32 bits per heavy atom. The van der Waals surface area contributed by atoms with Gasteiger partial charge in [-0.1, -0.05) is 36.4 Å². The summed E-state index contributed by atoms with van der Waals surface area (Å²) in [4.78, 5) is 93.3. The molecule has 5 heterocycles. The first-order valence-corrected chi connectivity index (χ1v) is 27.2. The number of amides is 6. The van der Waals surface area contributed by atoms with Gasteiger partial charge in [-0.05, 0) is 130 Å². The number of halogens is 3. The highest BCUT2D eigenvalue weighted by molar-refractivity contribution is 6.05. The molecule has 0 aliphatic carbocycles. The van der Waals surface area contributed by atoms with Crippen LogP contribution in [0.5, 0.6) is 0 Å². The minimum atomic E-state index is -1.46. The summed E-state index contributed by atoms with van der Waals surface area (Å²) in [6, 6.07) is 16.9. The number of carbonyl (C=O) groups excluding carboxylic acids is 6. The fourth-order valence-electron chi connectivity index (χ4n) is 11.5. The molecule has 0 bridgehead atoms. The number of morpholine rings is 1. The van der Waals surface area contributed by atoms with E-state index in [-0.39, 0.29) is 66.7 Å². The highest BCUT2D eigenvalue weighted by Crippen LogP contribution is 2.43. The van der Waals surface area contributed by atoms with Gasteiger partial charge in [0, 0.05) is 82.0 Å². The number of benzene rings is 4. The van der Waals surface area contributed by atoms with Crippen molar-refractivity contribution in [3.8, 4) is 0 Å². The number of rotatable bonds is 17. The number of fused-ring (bicyclic) bond motifs is 2. The number of ether oxygens (including phenoxy) is 2. The average Bonchev–Trinajstić information content (AvgIpc) is 4.20. The Morgan fingerprint density at radius 2 is 1.59 bits per heavy atom. The van der Waals surface area contributed by atoms with Crippen molar-refractivity contribution in [3.63, 3.8) is 0 Å². The quantitative estimate of drug-likeness (QED) is 0.0889. The Morgan fingerprint density at radius 1 is 0.861 bits per heavy atom. The van der Waals surface area contributed by atoms with Crippen LogP contribution >= 0.6 is 0 Å². The lowest BCUT2D eigenvalue weighted by molar-refractivity contribution is -0.144. The Kier molecular flexibility index (Phi) is 17.8. The van der Waals surface area contributed by atoms with Crippen molar-refractivity contribution in [3.05, 3.63) is 124 Å². The molecule has 21 heteroatoms. The average molecular weight is 1090 g/mol. The molecule has 422 valence electrons. The minimum Gasteiger partial charge on any atom is -0.381 e. The summed E-state index contributed by atoms with van der Waals surface area (Å²) < 4.78 is 55.2. The van der Waals surface area contributed by atoms with Crippen molar-refractivity contribution < 1.29 is 51.4 Å². The first-order valence-electron chi connectivity index (χ1n) is 27.2. The summed E-state index contributed by atoms with van der Waals surface area (Å²) in [5.74, 6) is -6.05. The summed E-state index contributed by atoms with van der Waals surface area (Å²) in [6.45, 7) is 12.0. The number of nitrogens with one attached hydrogen (secondary N) is 6. The van der Waals surface area contributed by atoms with Crippen LogP contribution < -0.4 is 36.8 Å². The molecule has 9 rings (SSSR count). The summed E-state index contributed by atoms with van der Waals surface area (Å²) >= 11 is 0. The van der Waals surface area contributed by atoms with E-state index in [1.54, 1.807) is 50.1 Å². The van der Waals surface area contributed by atoms with Crippen LogP contribution in [0.2, 0.25) is 0 Å². The molecule has 2 unspecified atom stereocenters. The van der Waals surface area contributed by atoms with E-state index < -0.39 is 76.9 Å². The van der Waals surface area contributed by atoms with Crippen molar-refractivity contribution in [2.24, 2.45) is 5.92 Å². The maximum Gasteiger partial charge on any atom is 0.252 e. The van der Waals surface area contributed by atoms with Crippen LogP contribution in [-0.4, -0.2) is 160 Å². The van der Waals surface area contributed by atoms with Crippen LogP contribution in [0.4, 0.5) is 30.2 Å². The number of hydrogen-bond donors (Lipinski definition) is 6. The van der Waals surface area contributed by atoms with Gasteiger partial charge in [0.1, 0.15) is 35.2 Å². The van der Waals surface area contributed by atoms with E-state index in [9.17, 15) is 33.2 Å². The van der Waals surface area contributed by atoms with Gasteiger partial charge in [0.2, 0.25) is 29.5 Å². The molecule has 6 amide bonds. The zero-order chi connectivity index (χ0) is 56.1. The van der Waals surface area contributed by atoms with Gasteiger partial charge in [0.25, 0.3) is 5.91 Å². The van der Waals surface area contributed by atoms with Gasteiger partial charge in [-0.15, -0.1) is 0 Å². The molecule has 4 aromatic rings. The Labute approximate surface area is 458 Å². The molecule has 7 atom stereocenters. The van der Waals surface area contributed by atoms with Crippen LogP contribution in [0.3, 0.4) is 0 Å². The molecule has 0 spiro atoms. The predicted octanol–water partition coefficient (Wildman–Crippen LogP) is 3.98. The molecule has 6 N–H and O–H groups in total. The van der Waals surface area contributed by atoms with Crippen LogP contribution in [0, 0.1) is 23.4 Å². The topological polar surface area (TPSA) is 206 Å². The third-order valence-corrected chi connectivity index (χ3v) is 16.2. The number of nitrogens with zero attached hydrogens (tertiary/aromatic N) is 4. The third-order valence-electron chi connectivity index (χ3n) is 16.2. The van der Waals surface area contributed by atoms with Crippen molar-refractivity contribution in [1.29, 1.82) is 0 Å². The van der Waals surface area contributed by atoms with Gasteiger partial charge in [-0.2, -0.15) is 0 Å². The van der Waals surface area contributed by atoms with Gasteiger partial charge >= 0.3 is 0 Å². The van der Waals surface area contributed by atoms with Gasteiger partial charge in [-0.3, -0.25) is 38.6 Å². The SMILES string of the molecule is CNC(C)C(=O)NC(C(=O)N1Cc2ccc(NC(=O)CNC(=O)[C@]3(C)CN(C(=O)CN4C[C@@H](C)NC[C@@H]4CN4CCOC[C@H]4C)c4cc(Cc5ccc(F)cc5)ccc43)cc2[C@H]1C(=O)Nc1c(F)cccc1F)C1CCOCC1. The minimum absolute atomic E-state index is 0.00468. The van der Waals surface area contributed by atoms with E-state index in [0.29, 0.717) is 75.6 Å². The number of piperazine rings is 1. The maximum atomic E-state index is 15.0. The highest BCUT2D eigenvalue weighted by Gasteiger charge is 2.48. The zero-order valence-corrected chi connectivity index (χ0v) is 45.3. The molecule has 79 heavy (non-hydrogen) atoms. The maximum absolute atomic E-state index is 15.0. The number of likely N-dealkylation sites (N-methyl/N-ethyl adjacent to an activating group) is 1. The molecule has 0 aromatic heterocycles. The van der Waals surface area contributed by atoms with E-state index in [0.717, 1.165) is 42.4 Å². The van der Waals surface area contributed by atoms with Gasteiger partial charge < -0.3 is 51.2 Å². The predicted molar refractivity (Wildman–Crippen MR) is 290 cm³/mol. The fraction of sp³-hybridized carbons (Fsp3) is 0.483. The smallest absolute Gasteiger partial charge is 0.252 e. The highest BCUT2D eigenvalue weighted by atomic mass is 19.1. The summed E-state index contributed by atoms with van der Waals surface area (Å²) in [5, 5.41) is 17.3. The van der Waals surface area contributed by atoms with Gasteiger partial charge in [0.05, 0.1) is 37.8 Å². The lowest BCUT2D eigenvalue weighted by Crippen LogP contribution is -2.62. The van der Waals surface area contributed by atoms with Gasteiger partial charge in [0.15, 0.2) is 0 Å².